The van der Waals surface area contributed by atoms with Gasteiger partial charge in [-0.2, -0.15) is 13.2 Å². The van der Waals surface area contributed by atoms with E-state index in [1.165, 1.54) is 0 Å². The zero-order valence-electron chi connectivity index (χ0n) is 9.67. The molecule has 4 N–H and O–H groups in total. The molecule has 0 radical (unpaired) electrons. The third-order valence-electron chi connectivity index (χ3n) is 3.17. The molecule has 3 atom stereocenters. The molecule has 1 aliphatic rings. The molecule has 0 aromatic rings. The first-order valence-corrected chi connectivity index (χ1v) is 5.62. The molecule has 0 bridgehead atoms. The van der Waals surface area contributed by atoms with Crippen LogP contribution >= 0.6 is 0 Å². The first kappa shape index (κ1) is 14.1. The van der Waals surface area contributed by atoms with Gasteiger partial charge in [0.05, 0.1) is 0 Å². The van der Waals surface area contributed by atoms with Crippen molar-refractivity contribution in [3.63, 3.8) is 0 Å². The lowest BCUT2D eigenvalue weighted by molar-refractivity contribution is -0.155. The number of alkyl halides is 3. The highest BCUT2D eigenvalue weighted by Crippen LogP contribution is 2.28. The summed E-state index contributed by atoms with van der Waals surface area (Å²) >= 11 is 0. The van der Waals surface area contributed by atoms with E-state index in [4.69, 9.17) is 10.9 Å². The summed E-state index contributed by atoms with van der Waals surface area (Å²) in [5, 5.41) is 13.6. The molecule has 7 heteroatoms. The molecule has 0 aromatic carbocycles. The smallest absolute Gasteiger partial charge is 0.400 e. The zero-order valence-corrected chi connectivity index (χ0v) is 9.67. The standard InChI is InChI=1S/C10H18F3N3O/c1-6-2-3-7(4-6)15-5-8(9(14)16-17)10(11,12)13/h6-8,15,17H,2-5H2,1H3,(H2,14,16). The van der Waals surface area contributed by atoms with Crippen LogP contribution in [0.25, 0.3) is 0 Å². The second-order valence-corrected chi connectivity index (χ2v) is 4.64. The van der Waals surface area contributed by atoms with Crippen LogP contribution in [0.5, 0.6) is 0 Å². The molecule has 1 saturated carbocycles. The van der Waals surface area contributed by atoms with Crippen LogP contribution < -0.4 is 11.1 Å². The quantitative estimate of drug-likeness (QED) is 0.309. The topological polar surface area (TPSA) is 70.6 Å². The van der Waals surface area contributed by atoms with E-state index in [2.05, 4.69) is 17.4 Å². The second-order valence-electron chi connectivity index (χ2n) is 4.64. The molecule has 0 aromatic heterocycles. The van der Waals surface area contributed by atoms with Gasteiger partial charge in [-0.1, -0.05) is 12.1 Å². The predicted octanol–water partition coefficient (Wildman–Crippen LogP) is 1.69. The third-order valence-corrected chi connectivity index (χ3v) is 3.17. The van der Waals surface area contributed by atoms with E-state index < -0.39 is 17.9 Å². The number of nitrogens with two attached hydrogens (primary N) is 1. The SMILES string of the molecule is CC1CCC(NCC(C(N)=NO)C(F)(F)F)C1. The maximum absolute atomic E-state index is 12.6. The van der Waals surface area contributed by atoms with Crippen molar-refractivity contribution in [1.82, 2.24) is 5.32 Å². The summed E-state index contributed by atoms with van der Waals surface area (Å²) in [5.41, 5.74) is 5.06. The van der Waals surface area contributed by atoms with Gasteiger partial charge in [-0.3, -0.25) is 0 Å². The third kappa shape index (κ3) is 4.07. The largest absolute Gasteiger partial charge is 0.409 e. The average molecular weight is 253 g/mol. The van der Waals surface area contributed by atoms with Gasteiger partial charge < -0.3 is 16.3 Å². The van der Waals surface area contributed by atoms with E-state index in [0.717, 1.165) is 19.3 Å². The number of rotatable bonds is 4. The average Bonchev–Trinajstić information content (AvgIpc) is 2.62. The van der Waals surface area contributed by atoms with Crippen molar-refractivity contribution >= 4 is 5.84 Å². The Morgan fingerprint density at radius 2 is 2.18 bits per heavy atom. The zero-order chi connectivity index (χ0) is 13.1. The summed E-state index contributed by atoms with van der Waals surface area (Å²) in [6.07, 6.45) is -1.71. The molecule has 1 rings (SSSR count). The molecular formula is C10H18F3N3O. The van der Waals surface area contributed by atoms with Crippen molar-refractivity contribution in [2.75, 3.05) is 6.54 Å². The number of hydrogen-bond acceptors (Lipinski definition) is 3. The first-order valence-electron chi connectivity index (χ1n) is 5.62. The van der Waals surface area contributed by atoms with Crippen molar-refractivity contribution < 1.29 is 18.4 Å². The van der Waals surface area contributed by atoms with Gasteiger partial charge in [-0.15, -0.1) is 0 Å². The minimum atomic E-state index is -4.49. The summed E-state index contributed by atoms with van der Waals surface area (Å²) in [6.45, 7) is 1.74. The van der Waals surface area contributed by atoms with Gasteiger partial charge >= 0.3 is 6.18 Å². The highest BCUT2D eigenvalue weighted by Gasteiger charge is 2.43. The fourth-order valence-electron chi connectivity index (χ4n) is 2.13. The number of hydrogen-bond donors (Lipinski definition) is 3. The van der Waals surface area contributed by atoms with E-state index in [1.54, 1.807) is 0 Å². The van der Waals surface area contributed by atoms with Crippen molar-refractivity contribution in [3.05, 3.63) is 0 Å². The van der Waals surface area contributed by atoms with Crippen LogP contribution in [-0.2, 0) is 0 Å². The molecule has 1 fully saturated rings. The van der Waals surface area contributed by atoms with E-state index in [9.17, 15) is 13.2 Å². The van der Waals surface area contributed by atoms with Crippen LogP contribution in [0.2, 0.25) is 0 Å². The lowest BCUT2D eigenvalue weighted by Gasteiger charge is -2.21. The molecule has 100 valence electrons. The monoisotopic (exact) mass is 253 g/mol. The molecule has 4 nitrogen and oxygen atoms in total. The Balaban J connectivity index is 2.50. The van der Waals surface area contributed by atoms with E-state index in [-0.39, 0.29) is 12.6 Å². The second kappa shape index (κ2) is 5.57. The van der Waals surface area contributed by atoms with Crippen LogP contribution in [0.4, 0.5) is 13.2 Å². The summed E-state index contributed by atoms with van der Waals surface area (Å²) in [6, 6.07) is 0.0985. The number of amidine groups is 1. The van der Waals surface area contributed by atoms with E-state index >= 15 is 0 Å². The Morgan fingerprint density at radius 3 is 2.59 bits per heavy atom. The lowest BCUT2D eigenvalue weighted by atomic mass is 10.1. The Hall–Kier alpha value is -0.980. The number of halogens is 3. The molecule has 3 unspecified atom stereocenters. The molecule has 0 spiro atoms. The summed E-state index contributed by atoms with van der Waals surface area (Å²) in [7, 11) is 0. The first-order chi connectivity index (χ1) is 7.84. The van der Waals surface area contributed by atoms with Crippen molar-refractivity contribution in [2.45, 2.75) is 38.4 Å². The fraction of sp³-hybridized carbons (Fsp3) is 0.900. The van der Waals surface area contributed by atoms with Crippen LogP contribution in [0.15, 0.2) is 5.16 Å². The molecule has 0 aliphatic heterocycles. The van der Waals surface area contributed by atoms with E-state index in [1.807, 2.05) is 0 Å². The van der Waals surface area contributed by atoms with Gasteiger partial charge in [-0.05, 0) is 25.2 Å². The van der Waals surface area contributed by atoms with Crippen LogP contribution in [0.3, 0.4) is 0 Å². The van der Waals surface area contributed by atoms with Crippen molar-refractivity contribution in [2.24, 2.45) is 22.7 Å². The van der Waals surface area contributed by atoms with E-state index in [0.29, 0.717) is 5.92 Å². The minimum absolute atomic E-state index is 0.0985. The Kier molecular flexibility index (Phi) is 4.62. The highest BCUT2D eigenvalue weighted by molar-refractivity contribution is 5.83. The molecular weight excluding hydrogens is 235 g/mol. The Bertz CT molecular complexity index is 280. The van der Waals surface area contributed by atoms with Crippen LogP contribution in [0.1, 0.15) is 26.2 Å². The van der Waals surface area contributed by atoms with Gasteiger partial charge in [0.2, 0.25) is 0 Å². The van der Waals surface area contributed by atoms with Crippen LogP contribution in [-0.4, -0.2) is 29.8 Å². The predicted molar refractivity (Wildman–Crippen MR) is 57.8 cm³/mol. The fourth-order valence-corrected chi connectivity index (χ4v) is 2.13. The van der Waals surface area contributed by atoms with Gasteiger partial charge in [-0.25, -0.2) is 0 Å². The number of nitrogens with one attached hydrogen (secondary N) is 1. The highest BCUT2D eigenvalue weighted by atomic mass is 19.4. The number of nitrogens with zero attached hydrogens (tertiary/aromatic N) is 1. The Morgan fingerprint density at radius 1 is 1.53 bits per heavy atom. The summed E-state index contributed by atoms with van der Waals surface area (Å²) < 4.78 is 37.8. The van der Waals surface area contributed by atoms with Gasteiger partial charge in [0.1, 0.15) is 5.92 Å². The molecule has 0 amide bonds. The summed E-state index contributed by atoms with van der Waals surface area (Å²) in [4.78, 5) is 0. The maximum Gasteiger partial charge on any atom is 0.400 e. The normalized spacial score (nSPS) is 28.4. The van der Waals surface area contributed by atoms with Gasteiger partial charge in [0.15, 0.2) is 5.84 Å². The van der Waals surface area contributed by atoms with Crippen molar-refractivity contribution in [3.8, 4) is 0 Å². The van der Waals surface area contributed by atoms with Gasteiger partial charge in [0.25, 0.3) is 0 Å². The minimum Gasteiger partial charge on any atom is -0.409 e. The molecule has 0 heterocycles. The molecule has 1 aliphatic carbocycles. The Labute approximate surface area is 98.0 Å². The number of oxime groups is 1. The maximum atomic E-state index is 12.6. The van der Waals surface area contributed by atoms with Gasteiger partial charge in [0, 0.05) is 12.6 Å². The molecule has 0 saturated heterocycles. The molecule has 17 heavy (non-hydrogen) atoms. The lowest BCUT2D eigenvalue weighted by Crippen LogP contribution is -2.45. The summed E-state index contributed by atoms with van der Waals surface area (Å²) in [5.74, 6) is -2.18. The van der Waals surface area contributed by atoms with Crippen LogP contribution in [0, 0.1) is 11.8 Å². The van der Waals surface area contributed by atoms with Crippen molar-refractivity contribution in [1.29, 1.82) is 0 Å².